The average molecular weight is 738 g/mol. The second-order valence-electron chi connectivity index (χ2n) is 7.63. The number of nitrogens with one attached hydrogen (secondary N) is 1. The van der Waals surface area contributed by atoms with Crippen LogP contribution in [0.5, 0.6) is 0 Å². The van der Waals surface area contributed by atoms with Gasteiger partial charge in [-0.1, -0.05) is 23.2 Å². The van der Waals surface area contributed by atoms with E-state index in [4.69, 9.17) is 49.6 Å². The summed E-state index contributed by atoms with van der Waals surface area (Å²) < 4.78 is 11.1. The number of alkyl halides is 1. The van der Waals surface area contributed by atoms with E-state index in [9.17, 15) is 9.59 Å². The number of ether oxygens (including phenoxy) is 2. The van der Waals surface area contributed by atoms with E-state index in [1.54, 1.807) is 56.9 Å². The van der Waals surface area contributed by atoms with Crippen LogP contribution in [0.1, 0.15) is 59.3 Å². The van der Waals surface area contributed by atoms with Gasteiger partial charge in [-0.25, -0.2) is 34.2 Å². The van der Waals surface area contributed by atoms with Gasteiger partial charge in [-0.15, -0.1) is 21.8 Å². The maximum absolute atomic E-state index is 11.5. The summed E-state index contributed by atoms with van der Waals surface area (Å²) in [6.45, 7) is 7.89. The van der Waals surface area contributed by atoms with E-state index in [-0.39, 0.29) is 122 Å². The van der Waals surface area contributed by atoms with Gasteiger partial charge < -0.3 is 21.0 Å². The fourth-order valence-electron chi connectivity index (χ4n) is 2.72. The van der Waals surface area contributed by atoms with Gasteiger partial charge in [-0.2, -0.15) is 0 Å². The molecule has 0 aliphatic rings. The first-order valence-electron chi connectivity index (χ1n) is 12.2. The van der Waals surface area contributed by atoms with Gasteiger partial charge in [-0.05, 0) is 63.1 Å². The first-order valence-corrected chi connectivity index (χ1v) is 13.5. The summed E-state index contributed by atoms with van der Waals surface area (Å²) in [6.07, 6.45) is 3.26. The molecule has 0 saturated carbocycles. The van der Waals surface area contributed by atoms with Crippen LogP contribution >= 0.6 is 34.8 Å². The van der Waals surface area contributed by atoms with E-state index in [1.807, 2.05) is 12.1 Å². The third kappa shape index (κ3) is 19.5. The fraction of sp³-hybridized carbons (Fsp3) is 0.320. The van der Waals surface area contributed by atoms with Crippen LogP contribution in [-0.4, -0.2) is 71.5 Å². The monoisotopic (exact) mass is 736 g/mol. The number of rotatable bonds is 8. The third-order valence-corrected chi connectivity index (χ3v) is 5.20. The van der Waals surface area contributed by atoms with Crippen LogP contribution in [0.2, 0.25) is 10.3 Å². The van der Waals surface area contributed by atoms with Crippen molar-refractivity contribution < 1.29 is 138 Å². The largest absolute Gasteiger partial charge is 1.00 e. The van der Waals surface area contributed by atoms with E-state index < -0.39 is 11.9 Å². The van der Waals surface area contributed by atoms with Crippen molar-refractivity contribution in [3.8, 4) is 0 Å². The topological polar surface area (TPSA) is 200 Å². The van der Waals surface area contributed by atoms with Crippen LogP contribution in [0.3, 0.4) is 0 Å². The quantitative estimate of drug-likeness (QED) is 0.0370. The molecule has 0 aliphatic carbocycles. The van der Waals surface area contributed by atoms with E-state index in [1.165, 1.54) is 0 Å². The molecule has 4 rings (SSSR count). The number of halogens is 3. The van der Waals surface area contributed by atoms with Crippen molar-refractivity contribution in [3.05, 3.63) is 81.4 Å². The molecule has 20 heteroatoms. The van der Waals surface area contributed by atoms with Gasteiger partial charge in [0.1, 0.15) is 22.0 Å². The first kappa shape index (κ1) is 46.2. The minimum absolute atomic E-state index is 0. The van der Waals surface area contributed by atoms with Gasteiger partial charge in [0.05, 0.1) is 19.8 Å². The van der Waals surface area contributed by atoms with Crippen molar-refractivity contribution in [3.63, 3.8) is 0 Å². The van der Waals surface area contributed by atoms with Gasteiger partial charge in [0.25, 0.3) is 18.1 Å². The Morgan fingerprint density at radius 1 is 0.956 bits per heavy atom. The van der Waals surface area contributed by atoms with Crippen molar-refractivity contribution in [2.45, 2.75) is 40.1 Å². The first-order chi connectivity index (χ1) is 20.6. The zero-order valence-corrected chi connectivity index (χ0v) is 34.0. The smallest absolute Gasteiger partial charge is 1.00 e. The third-order valence-electron chi connectivity index (χ3n) is 4.48. The number of aromatic nitrogens is 8. The number of carbonyl (C=O) groups excluding carboxylic acids is 3. The van der Waals surface area contributed by atoms with E-state index >= 15 is 0 Å². The number of H-pyrrole nitrogens is 1. The number of esters is 2. The summed E-state index contributed by atoms with van der Waals surface area (Å²) in [5, 5.41) is 19.6. The van der Waals surface area contributed by atoms with Gasteiger partial charge in [-0.3, -0.25) is 9.89 Å². The van der Waals surface area contributed by atoms with Crippen LogP contribution in [-0.2, 0) is 31.6 Å². The normalized spacial score (nSPS) is 9.16. The molecule has 1 N–H and O–H groups in total. The Morgan fingerprint density at radius 2 is 1.47 bits per heavy atom. The second-order valence-corrected chi connectivity index (χ2v) is 8.67. The molecule has 0 fully saturated rings. The zero-order valence-electron chi connectivity index (χ0n) is 26.5. The molecule has 0 amide bonds. The number of aromatic amines is 1. The minimum Gasteiger partial charge on any atom is -1.00 e. The summed E-state index contributed by atoms with van der Waals surface area (Å²) >= 11 is 16.9. The van der Waals surface area contributed by atoms with Gasteiger partial charge >= 0.3 is 115 Å². The Labute approximate surface area is 360 Å². The summed E-state index contributed by atoms with van der Waals surface area (Å²) in [5.74, 6) is 0.879. The predicted molar refractivity (Wildman–Crippen MR) is 153 cm³/mol. The summed E-state index contributed by atoms with van der Waals surface area (Å²) in [5.41, 5.74) is 1.93. The Bertz CT molecular complexity index is 1450. The average Bonchev–Trinajstić information content (AvgIpc) is 3.59. The van der Waals surface area contributed by atoms with E-state index in [0.717, 1.165) is 11.1 Å². The van der Waals surface area contributed by atoms with Gasteiger partial charge in [0.2, 0.25) is 0 Å². The fourth-order valence-corrected chi connectivity index (χ4v) is 3.28. The molecule has 0 aliphatic heterocycles. The Morgan fingerprint density at radius 3 is 1.89 bits per heavy atom. The molecule has 4 aromatic rings. The molecule has 0 atom stereocenters. The predicted octanol–water partition coefficient (Wildman–Crippen LogP) is -2.82. The van der Waals surface area contributed by atoms with Crippen LogP contribution in [0.4, 0.5) is 0 Å². The molecule has 0 radical (unpaired) electrons. The molecule has 0 unspecified atom stereocenters. The molecule has 0 bridgehead atoms. The van der Waals surface area contributed by atoms with Crippen LogP contribution in [0.25, 0.3) is 0 Å². The summed E-state index contributed by atoms with van der Waals surface area (Å²) in [4.78, 5) is 49.2. The number of aryl methyl sites for hydroxylation is 2. The number of pyridine rings is 2. The maximum atomic E-state index is 11.5. The minimum atomic E-state index is -0.517. The zero-order chi connectivity index (χ0) is 32.2. The molecule has 0 aromatic carbocycles. The van der Waals surface area contributed by atoms with Crippen molar-refractivity contribution in [1.29, 1.82) is 0 Å². The van der Waals surface area contributed by atoms with Gasteiger partial charge in [0, 0.05) is 18.3 Å². The number of carbonyl (C=O) groups is 3. The Kier molecular flexibility index (Phi) is 27.8. The maximum Gasteiger partial charge on any atom is 1.00 e. The second kappa shape index (κ2) is 27.1. The summed E-state index contributed by atoms with van der Waals surface area (Å²) in [6, 6.07) is 7.15. The molecule has 4 aromatic heterocycles. The number of hydrogen-bond donors (Lipinski definition) is 1. The van der Waals surface area contributed by atoms with Crippen molar-refractivity contribution in [1.82, 2.24) is 39.9 Å². The van der Waals surface area contributed by atoms with E-state index in [2.05, 4.69) is 44.9 Å². The SMILES string of the molecule is CCOC(=O)c1n[nH]c(C)n1.CCOC(=O)c1nc(C)n(Cc2ccnc(Cl)c2)n1.ClCc1ccnc(Cl)c1.O=CO[O-].[H-].[K+].[K+]. The standard InChI is InChI=1S/C12H13ClN4O2.C6H5Cl2N.C6H9N3O2.CH2O3.2K.H/c1-3-19-12(18)11-15-8(2)17(16-11)7-9-4-5-14-10(13)6-9;7-4-5-1-2-9-6(8)3-5;1-3-11-6(10)5-7-4(2)8-9-5;2-1-4-3;;;/h4-6H,3,7H2,1-2H3;1-3H,4H2;3H2,1-2H3,(H,7,8,9);1,3H;;;/q;;;;2*+1;-1/p-1. The molecule has 234 valence electrons. The Hall–Kier alpha value is -0.907. The molecule has 0 saturated heterocycles. The number of hydrogen-bond acceptors (Lipinski definition) is 13. The van der Waals surface area contributed by atoms with Gasteiger partial charge in [0.15, 0.2) is 0 Å². The van der Waals surface area contributed by atoms with E-state index in [0.29, 0.717) is 47.6 Å². The van der Waals surface area contributed by atoms with Crippen molar-refractivity contribution >= 4 is 53.2 Å². The van der Waals surface area contributed by atoms with Crippen molar-refractivity contribution in [2.24, 2.45) is 0 Å². The molecule has 0 spiro atoms. The van der Waals surface area contributed by atoms with Crippen LogP contribution in [0, 0.1) is 13.8 Å². The van der Waals surface area contributed by atoms with Crippen LogP contribution < -0.4 is 108 Å². The number of nitrogens with zero attached hydrogens (tertiary/aromatic N) is 7. The molecular weight excluding hydrogens is 709 g/mol. The van der Waals surface area contributed by atoms with Crippen LogP contribution in [0.15, 0.2) is 36.7 Å². The Balaban J connectivity index is -0.000000589. The molecule has 4 heterocycles. The summed E-state index contributed by atoms with van der Waals surface area (Å²) in [7, 11) is 0. The molecular formula is C25H29Cl3K2N8O7. The van der Waals surface area contributed by atoms with Crippen molar-refractivity contribution in [2.75, 3.05) is 13.2 Å². The molecule has 45 heavy (non-hydrogen) atoms. The molecule has 15 nitrogen and oxygen atoms in total.